The number of hydrogen-bond donors (Lipinski definition) is 0. The Labute approximate surface area is 175 Å². The fourth-order valence-corrected chi connectivity index (χ4v) is 4.17. The lowest BCUT2D eigenvalue weighted by atomic mass is 10.2. The molecule has 5 nitrogen and oxygen atoms in total. The average molecular weight is 410 g/mol. The van der Waals surface area contributed by atoms with E-state index in [4.69, 9.17) is 0 Å². The molecule has 0 aliphatic carbocycles. The molecule has 0 aliphatic heterocycles. The van der Waals surface area contributed by atoms with Crippen molar-refractivity contribution >= 4 is 34.3 Å². The number of amides is 1. The SMILES string of the molecule is CCN(C(=O)CSc1nc2ccccc2c(=O)n1CC(C)C)c1cccc(C)c1. The van der Waals surface area contributed by atoms with Crippen LogP contribution in [-0.2, 0) is 11.3 Å². The van der Waals surface area contributed by atoms with E-state index >= 15 is 0 Å². The number of fused-ring (bicyclic) bond motifs is 1. The molecule has 0 fully saturated rings. The first-order valence-electron chi connectivity index (χ1n) is 9.90. The zero-order chi connectivity index (χ0) is 21.0. The Bertz CT molecular complexity index is 1080. The average Bonchev–Trinajstić information content (AvgIpc) is 2.69. The Morgan fingerprint density at radius 2 is 1.93 bits per heavy atom. The summed E-state index contributed by atoms with van der Waals surface area (Å²) in [7, 11) is 0. The van der Waals surface area contributed by atoms with Gasteiger partial charge in [-0.1, -0.05) is 49.9 Å². The van der Waals surface area contributed by atoms with Crippen LogP contribution in [0.3, 0.4) is 0 Å². The van der Waals surface area contributed by atoms with Crippen LogP contribution in [0.2, 0.25) is 0 Å². The van der Waals surface area contributed by atoms with Crippen LogP contribution in [0.15, 0.2) is 58.5 Å². The first-order valence-corrected chi connectivity index (χ1v) is 10.9. The summed E-state index contributed by atoms with van der Waals surface area (Å²) in [4.78, 5) is 32.4. The predicted molar refractivity (Wildman–Crippen MR) is 121 cm³/mol. The van der Waals surface area contributed by atoms with E-state index in [2.05, 4.69) is 18.8 Å². The maximum atomic E-state index is 13.0. The van der Waals surface area contributed by atoms with Gasteiger partial charge in [-0.3, -0.25) is 14.2 Å². The van der Waals surface area contributed by atoms with Crippen LogP contribution in [0, 0.1) is 12.8 Å². The molecule has 0 saturated carbocycles. The highest BCUT2D eigenvalue weighted by atomic mass is 32.2. The van der Waals surface area contributed by atoms with Gasteiger partial charge in [0.25, 0.3) is 5.56 Å². The van der Waals surface area contributed by atoms with E-state index in [0.29, 0.717) is 35.1 Å². The van der Waals surface area contributed by atoms with Crippen molar-refractivity contribution in [2.75, 3.05) is 17.2 Å². The summed E-state index contributed by atoms with van der Waals surface area (Å²) in [6, 6.07) is 15.3. The molecule has 2 aromatic carbocycles. The highest BCUT2D eigenvalue weighted by molar-refractivity contribution is 7.99. The van der Waals surface area contributed by atoms with Gasteiger partial charge in [0.1, 0.15) is 0 Å². The second-order valence-corrected chi connectivity index (χ2v) is 8.43. The Balaban J connectivity index is 1.89. The lowest BCUT2D eigenvalue weighted by molar-refractivity contribution is -0.116. The smallest absolute Gasteiger partial charge is 0.262 e. The Morgan fingerprint density at radius 3 is 2.62 bits per heavy atom. The van der Waals surface area contributed by atoms with Gasteiger partial charge in [0.2, 0.25) is 5.91 Å². The third kappa shape index (κ3) is 4.88. The number of carbonyl (C=O) groups excluding carboxylic acids is 1. The number of rotatable bonds is 7. The largest absolute Gasteiger partial charge is 0.312 e. The highest BCUT2D eigenvalue weighted by Crippen LogP contribution is 2.22. The molecule has 1 amide bonds. The maximum absolute atomic E-state index is 13.0. The third-order valence-electron chi connectivity index (χ3n) is 4.63. The van der Waals surface area contributed by atoms with Gasteiger partial charge in [-0.05, 0) is 49.6 Å². The molecule has 3 rings (SSSR count). The second kappa shape index (κ2) is 9.27. The number of para-hydroxylation sites is 1. The van der Waals surface area contributed by atoms with Gasteiger partial charge in [0.15, 0.2) is 5.16 Å². The van der Waals surface area contributed by atoms with Crippen molar-refractivity contribution < 1.29 is 4.79 Å². The molecule has 29 heavy (non-hydrogen) atoms. The third-order valence-corrected chi connectivity index (χ3v) is 5.59. The fourth-order valence-electron chi connectivity index (χ4n) is 3.29. The maximum Gasteiger partial charge on any atom is 0.262 e. The van der Waals surface area contributed by atoms with Crippen LogP contribution in [0.25, 0.3) is 10.9 Å². The van der Waals surface area contributed by atoms with E-state index in [-0.39, 0.29) is 17.2 Å². The lowest BCUT2D eigenvalue weighted by Crippen LogP contribution is -2.32. The van der Waals surface area contributed by atoms with Gasteiger partial charge in [-0.15, -0.1) is 0 Å². The van der Waals surface area contributed by atoms with E-state index < -0.39 is 0 Å². The van der Waals surface area contributed by atoms with Crippen molar-refractivity contribution in [3.63, 3.8) is 0 Å². The summed E-state index contributed by atoms with van der Waals surface area (Å²) < 4.78 is 1.70. The first-order chi connectivity index (χ1) is 13.9. The van der Waals surface area contributed by atoms with Gasteiger partial charge >= 0.3 is 0 Å². The van der Waals surface area contributed by atoms with Crippen LogP contribution in [0.4, 0.5) is 5.69 Å². The number of anilines is 1. The summed E-state index contributed by atoms with van der Waals surface area (Å²) in [5.41, 5.74) is 2.62. The van der Waals surface area contributed by atoms with Gasteiger partial charge in [-0.25, -0.2) is 4.98 Å². The quantitative estimate of drug-likeness (QED) is 0.426. The van der Waals surface area contributed by atoms with Crippen molar-refractivity contribution in [1.82, 2.24) is 9.55 Å². The summed E-state index contributed by atoms with van der Waals surface area (Å²) in [6.45, 7) is 9.28. The molecular weight excluding hydrogens is 382 g/mol. The molecule has 1 heterocycles. The van der Waals surface area contributed by atoms with Crippen molar-refractivity contribution in [3.05, 3.63) is 64.4 Å². The van der Waals surface area contributed by atoms with Gasteiger partial charge in [-0.2, -0.15) is 0 Å². The number of nitrogens with zero attached hydrogens (tertiary/aromatic N) is 3. The van der Waals surface area contributed by atoms with Crippen molar-refractivity contribution in [1.29, 1.82) is 0 Å². The molecule has 0 unspecified atom stereocenters. The topological polar surface area (TPSA) is 55.2 Å². The second-order valence-electron chi connectivity index (χ2n) is 7.49. The van der Waals surface area contributed by atoms with Gasteiger partial charge < -0.3 is 4.90 Å². The fraction of sp³-hybridized carbons (Fsp3) is 0.348. The molecular formula is C23H27N3O2S. The Kier molecular flexibility index (Phi) is 6.75. The Hall–Kier alpha value is -2.60. The summed E-state index contributed by atoms with van der Waals surface area (Å²) in [6.07, 6.45) is 0. The standard InChI is InChI=1S/C23H27N3O2S/c1-5-25(18-10-8-9-17(4)13-18)21(27)15-29-23-24-20-12-7-6-11-19(20)22(28)26(23)14-16(2)3/h6-13,16H,5,14-15H2,1-4H3. The highest BCUT2D eigenvalue weighted by Gasteiger charge is 2.18. The lowest BCUT2D eigenvalue weighted by Gasteiger charge is -2.22. The van der Waals surface area contributed by atoms with E-state index in [1.54, 1.807) is 15.5 Å². The van der Waals surface area contributed by atoms with Gasteiger partial charge in [0, 0.05) is 18.8 Å². The van der Waals surface area contributed by atoms with Crippen LogP contribution >= 0.6 is 11.8 Å². The number of aromatic nitrogens is 2. The molecule has 0 saturated heterocycles. The number of thioether (sulfide) groups is 1. The Morgan fingerprint density at radius 1 is 1.17 bits per heavy atom. The molecule has 0 spiro atoms. The normalized spacial score (nSPS) is 11.2. The first kappa shape index (κ1) is 21.1. The van der Waals surface area contributed by atoms with E-state index in [1.165, 1.54) is 11.8 Å². The minimum atomic E-state index is -0.0507. The van der Waals surface area contributed by atoms with Crippen LogP contribution < -0.4 is 10.5 Å². The summed E-state index contributed by atoms with van der Waals surface area (Å²) in [5.74, 6) is 0.525. The molecule has 6 heteroatoms. The summed E-state index contributed by atoms with van der Waals surface area (Å²) >= 11 is 1.33. The number of hydrogen-bond acceptors (Lipinski definition) is 4. The zero-order valence-corrected chi connectivity index (χ0v) is 18.2. The van der Waals surface area contributed by atoms with Crippen LogP contribution in [0.1, 0.15) is 26.3 Å². The number of carbonyl (C=O) groups is 1. The molecule has 0 aliphatic rings. The summed E-state index contributed by atoms with van der Waals surface area (Å²) in [5, 5.41) is 1.20. The molecule has 0 atom stereocenters. The molecule has 3 aromatic rings. The van der Waals surface area contributed by atoms with Crippen molar-refractivity contribution in [3.8, 4) is 0 Å². The van der Waals surface area contributed by atoms with Gasteiger partial charge in [0.05, 0.1) is 16.7 Å². The predicted octanol–water partition coefficient (Wildman–Crippen LogP) is 4.51. The molecule has 0 bridgehead atoms. The zero-order valence-electron chi connectivity index (χ0n) is 17.4. The minimum Gasteiger partial charge on any atom is -0.312 e. The van der Waals surface area contributed by atoms with E-state index in [0.717, 1.165) is 11.3 Å². The van der Waals surface area contributed by atoms with Crippen LogP contribution in [0.5, 0.6) is 0 Å². The number of aryl methyl sites for hydroxylation is 1. The van der Waals surface area contributed by atoms with Crippen LogP contribution in [-0.4, -0.2) is 27.8 Å². The molecule has 0 radical (unpaired) electrons. The minimum absolute atomic E-state index is 0.00149. The van der Waals surface area contributed by atoms with Crippen molar-refractivity contribution in [2.24, 2.45) is 5.92 Å². The van der Waals surface area contributed by atoms with Crippen molar-refractivity contribution in [2.45, 2.75) is 39.4 Å². The monoisotopic (exact) mass is 409 g/mol. The van der Waals surface area contributed by atoms with E-state index in [1.807, 2.05) is 56.3 Å². The molecule has 0 N–H and O–H groups in total. The van der Waals surface area contributed by atoms with E-state index in [9.17, 15) is 9.59 Å². The number of benzene rings is 2. The molecule has 1 aromatic heterocycles. The molecule has 152 valence electrons.